The number of H-pyrrole nitrogens is 1. The van der Waals surface area contributed by atoms with Crippen LogP contribution in [0.2, 0.25) is 0 Å². The highest BCUT2D eigenvalue weighted by Crippen LogP contribution is 2.11. The van der Waals surface area contributed by atoms with Gasteiger partial charge in [0.15, 0.2) is 6.10 Å². The van der Waals surface area contributed by atoms with E-state index in [1.165, 1.54) is 13.0 Å². The van der Waals surface area contributed by atoms with Gasteiger partial charge in [0.25, 0.3) is 5.91 Å². The van der Waals surface area contributed by atoms with Crippen LogP contribution < -0.4 is 5.32 Å². The van der Waals surface area contributed by atoms with E-state index in [9.17, 15) is 9.59 Å². The van der Waals surface area contributed by atoms with Crippen molar-refractivity contribution in [1.29, 1.82) is 5.26 Å². The number of aromatic amines is 1. The van der Waals surface area contributed by atoms with Gasteiger partial charge in [0.05, 0.1) is 11.6 Å². The fraction of sp³-hybridized carbons (Fsp3) is 0.133. The van der Waals surface area contributed by atoms with Crippen LogP contribution in [0, 0.1) is 11.3 Å². The Labute approximate surface area is 121 Å². The smallest absolute Gasteiger partial charge is 0.355 e. The normalized spacial score (nSPS) is 11.2. The molecule has 106 valence electrons. The summed E-state index contributed by atoms with van der Waals surface area (Å²) in [5, 5.41) is 11.4. The summed E-state index contributed by atoms with van der Waals surface area (Å²) in [4.78, 5) is 26.3. The Kier molecular flexibility index (Phi) is 4.36. The first-order valence-electron chi connectivity index (χ1n) is 6.25. The zero-order valence-electron chi connectivity index (χ0n) is 11.3. The van der Waals surface area contributed by atoms with Crippen molar-refractivity contribution in [3.8, 4) is 6.07 Å². The van der Waals surface area contributed by atoms with Crippen LogP contribution >= 0.6 is 0 Å². The minimum atomic E-state index is -0.952. The third-order valence-electron chi connectivity index (χ3n) is 2.73. The summed E-state index contributed by atoms with van der Waals surface area (Å²) in [5.74, 6) is -1.07. The van der Waals surface area contributed by atoms with E-state index in [-0.39, 0.29) is 5.69 Å². The van der Waals surface area contributed by atoms with Crippen molar-refractivity contribution in [3.05, 3.63) is 53.9 Å². The van der Waals surface area contributed by atoms with Gasteiger partial charge in [-0.15, -0.1) is 0 Å². The first kappa shape index (κ1) is 14.3. The Morgan fingerprint density at radius 1 is 1.33 bits per heavy atom. The molecule has 2 aromatic rings. The highest BCUT2D eigenvalue weighted by atomic mass is 16.5. The van der Waals surface area contributed by atoms with Gasteiger partial charge in [-0.1, -0.05) is 6.07 Å². The number of benzene rings is 1. The van der Waals surface area contributed by atoms with Gasteiger partial charge in [0, 0.05) is 11.9 Å². The second-order valence-electron chi connectivity index (χ2n) is 4.31. The molecule has 1 atom stereocenters. The molecule has 6 nitrogen and oxygen atoms in total. The van der Waals surface area contributed by atoms with Crippen LogP contribution in [0.1, 0.15) is 23.0 Å². The Hall–Kier alpha value is -3.07. The Balaban J connectivity index is 1.96. The summed E-state index contributed by atoms with van der Waals surface area (Å²) >= 11 is 0. The number of amides is 1. The first-order chi connectivity index (χ1) is 10.1. The van der Waals surface area contributed by atoms with Crippen LogP contribution in [0.4, 0.5) is 5.69 Å². The van der Waals surface area contributed by atoms with Crippen LogP contribution in [0.3, 0.4) is 0 Å². The van der Waals surface area contributed by atoms with Gasteiger partial charge < -0.3 is 15.0 Å². The second-order valence-corrected chi connectivity index (χ2v) is 4.31. The van der Waals surface area contributed by atoms with Crippen LogP contribution in [0.15, 0.2) is 42.6 Å². The number of nitrogens with one attached hydrogen (secondary N) is 2. The van der Waals surface area contributed by atoms with Crippen LogP contribution in [0.5, 0.6) is 0 Å². The minimum absolute atomic E-state index is 0.279. The number of nitrogens with zero attached hydrogens (tertiary/aromatic N) is 1. The van der Waals surface area contributed by atoms with Crippen molar-refractivity contribution < 1.29 is 14.3 Å². The molecule has 1 heterocycles. The standard InChI is InChI=1S/C15H13N3O3/c1-10(21-15(20)13-6-3-7-17-13)14(19)18-12-5-2-4-11(8-12)9-16/h2-8,10,17H,1H3,(H,18,19)/t10-/m0/s1. The fourth-order valence-electron chi connectivity index (χ4n) is 1.65. The molecular weight excluding hydrogens is 270 g/mol. The Morgan fingerprint density at radius 3 is 2.81 bits per heavy atom. The third kappa shape index (κ3) is 3.70. The van der Waals surface area contributed by atoms with Crippen molar-refractivity contribution in [2.75, 3.05) is 5.32 Å². The van der Waals surface area contributed by atoms with Crippen LogP contribution in [-0.4, -0.2) is 23.0 Å². The van der Waals surface area contributed by atoms with Crippen LogP contribution in [0.25, 0.3) is 0 Å². The van der Waals surface area contributed by atoms with Crippen molar-refractivity contribution >= 4 is 17.6 Å². The predicted octanol–water partition coefficient (Wildman–Crippen LogP) is 2.07. The van der Waals surface area contributed by atoms with Gasteiger partial charge in [-0.2, -0.15) is 5.26 Å². The molecule has 0 aliphatic rings. The SMILES string of the molecule is C[C@H](OC(=O)c1ccc[nH]1)C(=O)Nc1cccc(C#N)c1. The van der Waals surface area contributed by atoms with E-state index in [1.54, 1.807) is 36.5 Å². The third-order valence-corrected chi connectivity index (χ3v) is 2.73. The van der Waals surface area contributed by atoms with Gasteiger partial charge >= 0.3 is 5.97 Å². The lowest BCUT2D eigenvalue weighted by Gasteiger charge is -2.13. The zero-order chi connectivity index (χ0) is 15.2. The van der Waals surface area contributed by atoms with Gasteiger partial charge in [0.2, 0.25) is 0 Å². The number of carbonyl (C=O) groups excluding carboxylic acids is 2. The van der Waals surface area contributed by atoms with Crippen molar-refractivity contribution in [3.63, 3.8) is 0 Å². The first-order valence-corrected chi connectivity index (χ1v) is 6.25. The minimum Gasteiger partial charge on any atom is -0.448 e. The molecule has 0 spiro atoms. The number of nitriles is 1. The summed E-state index contributed by atoms with van der Waals surface area (Å²) in [6.45, 7) is 1.48. The van der Waals surface area contributed by atoms with E-state index >= 15 is 0 Å². The van der Waals surface area contributed by atoms with E-state index in [0.29, 0.717) is 11.3 Å². The molecule has 2 rings (SSSR count). The molecule has 6 heteroatoms. The maximum Gasteiger partial charge on any atom is 0.355 e. The van der Waals surface area contributed by atoms with Crippen molar-refractivity contribution in [1.82, 2.24) is 4.98 Å². The maximum absolute atomic E-state index is 11.9. The number of ether oxygens (including phenoxy) is 1. The molecule has 1 amide bonds. The summed E-state index contributed by atoms with van der Waals surface area (Å²) in [6, 6.07) is 11.7. The summed E-state index contributed by atoms with van der Waals surface area (Å²) in [5.41, 5.74) is 1.19. The molecule has 0 bridgehead atoms. The number of hydrogen-bond acceptors (Lipinski definition) is 4. The van der Waals surface area contributed by atoms with Gasteiger partial charge in [-0.3, -0.25) is 4.79 Å². The molecular formula is C15H13N3O3. The molecule has 21 heavy (non-hydrogen) atoms. The highest BCUT2D eigenvalue weighted by Gasteiger charge is 2.19. The van der Waals surface area contributed by atoms with E-state index < -0.39 is 18.0 Å². The number of esters is 1. The Bertz CT molecular complexity index is 686. The molecule has 0 saturated carbocycles. The maximum atomic E-state index is 11.9. The summed E-state index contributed by atoms with van der Waals surface area (Å²) in [7, 11) is 0. The van der Waals surface area contributed by atoms with Crippen molar-refractivity contribution in [2.24, 2.45) is 0 Å². The lowest BCUT2D eigenvalue weighted by Crippen LogP contribution is -2.30. The highest BCUT2D eigenvalue weighted by molar-refractivity contribution is 5.96. The number of hydrogen-bond donors (Lipinski definition) is 2. The predicted molar refractivity (Wildman–Crippen MR) is 75.5 cm³/mol. The van der Waals surface area contributed by atoms with E-state index in [0.717, 1.165) is 0 Å². The van der Waals surface area contributed by atoms with E-state index in [4.69, 9.17) is 10.00 Å². The lowest BCUT2D eigenvalue weighted by molar-refractivity contribution is -0.123. The molecule has 0 unspecified atom stereocenters. The lowest BCUT2D eigenvalue weighted by atomic mass is 10.2. The fourth-order valence-corrected chi connectivity index (χ4v) is 1.65. The molecule has 0 saturated heterocycles. The zero-order valence-corrected chi connectivity index (χ0v) is 11.3. The van der Waals surface area contributed by atoms with Gasteiger partial charge in [0.1, 0.15) is 5.69 Å². The van der Waals surface area contributed by atoms with Crippen LogP contribution in [-0.2, 0) is 9.53 Å². The molecule has 1 aromatic heterocycles. The van der Waals surface area contributed by atoms with Crippen molar-refractivity contribution in [2.45, 2.75) is 13.0 Å². The molecule has 0 radical (unpaired) electrons. The molecule has 0 fully saturated rings. The number of rotatable bonds is 4. The molecule has 0 aliphatic heterocycles. The number of anilines is 1. The molecule has 2 N–H and O–H groups in total. The average Bonchev–Trinajstić information content (AvgIpc) is 3.01. The topological polar surface area (TPSA) is 95.0 Å². The van der Waals surface area contributed by atoms with E-state index in [1.807, 2.05) is 6.07 Å². The molecule has 0 aliphatic carbocycles. The van der Waals surface area contributed by atoms with Gasteiger partial charge in [-0.25, -0.2) is 4.79 Å². The van der Waals surface area contributed by atoms with Gasteiger partial charge in [-0.05, 0) is 37.3 Å². The number of aromatic nitrogens is 1. The summed E-state index contributed by atoms with van der Waals surface area (Å²) < 4.78 is 5.04. The largest absolute Gasteiger partial charge is 0.448 e. The number of carbonyl (C=O) groups is 2. The summed E-state index contributed by atoms with van der Waals surface area (Å²) in [6.07, 6.45) is 0.640. The quantitative estimate of drug-likeness (QED) is 0.840. The second kappa shape index (κ2) is 6.39. The monoisotopic (exact) mass is 283 g/mol. The molecule has 1 aromatic carbocycles. The Morgan fingerprint density at radius 2 is 2.14 bits per heavy atom. The van der Waals surface area contributed by atoms with E-state index in [2.05, 4.69) is 10.3 Å². The average molecular weight is 283 g/mol.